The van der Waals surface area contributed by atoms with Gasteiger partial charge >= 0.3 is 11.9 Å². The minimum absolute atomic E-state index is 0.157. The minimum Gasteiger partial charge on any atom is -0.479 e. The molecule has 0 saturated carbocycles. The zero-order valence-electron chi connectivity index (χ0n) is 10.6. The molecular formula is C14H17NO4. The van der Waals surface area contributed by atoms with Gasteiger partial charge in [-0.15, -0.1) is 0 Å². The lowest BCUT2D eigenvalue weighted by Gasteiger charge is -2.40. The second-order valence-corrected chi connectivity index (χ2v) is 4.83. The SMILES string of the molecule is O=C(O)C1(C(=O)O)CCCCN1Cc1ccccc1. The number of carbonyl (C=O) groups is 2. The van der Waals surface area contributed by atoms with Crippen molar-refractivity contribution in [2.75, 3.05) is 6.54 Å². The second-order valence-electron chi connectivity index (χ2n) is 4.83. The summed E-state index contributed by atoms with van der Waals surface area (Å²) in [6.45, 7) is 0.840. The van der Waals surface area contributed by atoms with Gasteiger partial charge in [-0.25, -0.2) is 9.59 Å². The molecule has 0 unspecified atom stereocenters. The largest absolute Gasteiger partial charge is 0.479 e. The first-order chi connectivity index (χ1) is 9.07. The molecule has 0 spiro atoms. The van der Waals surface area contributed by atoms with Gasteiger partial charge in [-0.2, -0.15) is 0 Å². The molecule has 1 fully saturated rings. The molecule has 0 atom stereocenters. The molecule has 2 N–H and O–H groups in total. The Bertz CT molecular complexity index is 458. The van der Waals surface area contributed by atoms with Crippen LogP contribution in [0.3, 0.4) is 0 Å². The van der Waals surface area contributed by atoms with E-state index in [2.05, 4.69) is 0 Å². The molecule has 5 heteroatoms. The summed E-state index contributed by atoms with van der Waals surface area (Å²) in [4.78, 5) is 24.6. The maximum atomic E-state index is 11.5. The number of carboxylic acids is 2. The van der Waals surface area contributed by atoms with E-state index in [0.717, 1.165) is 12.0 Å². The molecule has 102 valence electrons. The van der Waals surface area contributed by atoms with Crippen molar-refractivity contribution in [3.05, 3.63) is 35.9 Å². The zero-order chi connectivity index (χ0) is 13.9. The number of piperidine rings is 1. The molecular weight excluding hydrogens is 246 g/mol. The molecule has 1 aliphatic heterocycles. The summed E-state index contributed by atoms with van der Waals surface area (Å²) in [6.07, 6.45) is 1.61. The molecule has 1 aliphatic rings. The van der Waals surface area contributed by atoms with Crippen LogP contribution < -0.4 is 0 Å². The molecule has 0 aromatic heterocycles. The number of benzene rings is 1. The van der Waals surface area contributed by atoms with Crippen LogP contribution in [0.1, 0.15) is 24.8 Å². The van der Waals surface area contributed by atoms with Crippen molar-refractivity contribution >= 4 is 11.9 Å². The molecule has 1 aromatic carbocycles. The van der Waals surface area contributed by atoms with Crippen molar-refractivity contribution in [2.24, 2.45) is 0 Å². The standard InChI is InChI=1S/C14H17NO4/c16-12(17)14(13(18)19)8-4-5-9-15(14)10-11-6-2-1-3-7-11/h1-3,6-7H,4-5,8-10H2,(H,16,17)(H,18,19). The Morgan fingerprint density at radius 3 is 2.32 bits per heavy atom. The number of rotatable bonds is 4. The van der Waals surface area contributed by atoms with Gasteiger partial charge in [0.1, 0.15) is 0 Å². The fourth-order valence-electron chi connectivity index (χ4n) is 2.63. The summed E-state index contributed by atoms with van der Waals surface area (Å²) >= 11 is 0. The first-order valence-corrected chi connectivity index (χ1v) is 6.33. The number of hydrogen-bond donors (Lipinski definition) is 2. The number of aliphatic carboxylic acids is 2. The van der Waals surface area contributed by atoms with Crippen molar-refractivity contribution < 1.29 is 19.8 Å². The fourth-order valence-corrected chi connectivity index (χ4v) is 2.63. The summed E-state index contributed by atoms with van der Waals surface area (Å²) in [6, 6.07) is 9.36. The summed E-state index contributed by atoms with van der Waals surface area (Å²) in [7, 11) is 0. The molecule has 1 heterocycles. The predicted molar refractivity (Wildman–Crippen MR) is 68.7 cm³/mol. The molecule has 19 heavy (non-hydrogen) atoms. The third kappa shape index (κ3) is 2.46. The number of hydrogen-bond acceptors (Lipinski definition) is 3. The van der Waals surface area contributed by atoms with Crippen molar-refractivity contribution in [3.63, 3.8) is 0 Å². The van der Waals surface area contributed by atoms with Crippen LogP contribution in [-0.2, 0) is 16.1 Å². The molecule has 0 radical (unpaired) electrons. The summed E-state index contributed by atoms with van der Waals surface area (Å²) in [5, 5.41) is 18.8. The third-order valence-electron chi connectivity index (χ3n) is 3.68. The first-order valence-electron chi connectivity index (χ1n) is 6.33. The molecule has 1 saturated heterocycles. The smallest absolute Gasteiger partial charge is 0.335 e. The lowest BCUT2D eigenvalue weighted by atomic mass is 9.86. The van der Waals surface area contributed by atoms with E-state index in [1.54, 1.807) is 4.90 Å². The van der Waals surface area contributed by atoms with Crippen molar-refractivity contribution in [2.45, 2.75) is 31.3 Å². The Hall–Kier alpha value is -1.88. The highest BCUT2D eigenvalue weighted by molar-refractivity contribution is 6.03. The van der Waals surface area contributed by atoms with Gasteiger partial charge in [-0.3, -0.25) is 4.90 Å². The van der Waals surface area contributed by atoms with Gasteiger partial charge in [0.2, 0.25) is 5.54 Å². The number of carboxylic acid groups (broad SMARTS) is 2. The first kappa shape index (κ1) is 13.5. The average Bonchev–Trinajstić information content (AvgIpc) is 2.40. The van der Waals surface area contributed by atoms with E-state index in [4.69, 9.17) is 0 Å². The van der Waals surface area contributed by atoms with Gasteiger partial charge in [0.05, 0.1) is 0 Å². The molecule has 0 aliphatic carbocycles. The summed E-state index contributed by atoms with van der Waals surface area (Å²) in [5.74, 6) is -2.54. The van der Waals surface area contributed by atoms with Crippen LogP contribution in [0.15, 0.2) is 30.3 Å². The van der Waals surface area contributed by atoms with Crippen LogP contribution in [-0.4, -0.2) is 39.1 Å². The van der Waals surface area contributed by atoms with E-state index in [-0.39, 0.29) is 6.42 Å². The van der Waals surface area contributed by atoms with Crippen LogP contribution in [0.5, 0.6) is 0 Å². The van der Waals surface area contributed by atoms with Gasteiger partial charge < -0.3 is 10.2 Å². The van der Waals surface area contributed by atoms with Crippen LogP contribution in [0.4, 0.5) is 0 Å². The van der Waals surface area contributed by atoms with Gasteiger partial charge in [0.15, 0.2) is 0 Å². The van der Waals surface area contributed by atoms with Crippen LogP contribution in [0.25, 0.3) is 0 Å². The predicted octanol–water partition coefficient (Wildman–Crippen LogP) is 1.58. The maximum absolute atomic E-state index is 11.5. The average molecular weight is 263 g/mol. The van der Waals surface area contributed by atoms with Crippen LogP contribution >= 0.6 is 0 Å². The Balaban J connectivity index is 2.29. The Morgan fingerprint density at radius 1 is 1.11 bits per heavy atom. The van der Waals surface area contributed by atoms with Crippen molar-refractivity contribution in [3.8, 4) is 0 Å². The minimum atomic E-state index is -1.78. The molecule has 5 nitrogen and oxygen atoms in total. The summed E-state index contributed by atoms with van der Waals surface area (Å²) < 4.78 is 0. The normalized spacial score (nSPS) is 18.9. The highest BCUT2D eigenvalue weighted by Crippen LogP contribution is 2.30. The maximum Gasteiger partial charge on any atom is 0.335 e. The fraction of sp³-hybridized carbons (Fsp3) is 0.429. The molecule has 0 amide bonds. The van der Waals surface area contributed by atoms with E-state index in [1.165, 1.54) is 0 Å². The lowest BCUT2D eigenvalue weighted by molar-refractivity contribution is -0.171. The summed E-state index contributed by atoms with van der Waals surface area (Å²) in [5.41, 5.74) is -0.857. The topological polar surface area (TPSA) is 77.8 Å². The molecule has 1 aromatic rings. The van der Waals surface area contributed by atoms with Gasteiger partial charge in [-0.05, 0) is 24.8 Å². The molecule has 2 rings (SSSR count). The van der Waals surface area contributed by atoms with Crippen molar-refractivity contribution in [1.82, 2.24) is 4.90 Å². The zero-order valence-corrected chi connectivity index (χ0v) is 10.6. The van der Waals surface area contributed by atoms with Gasteiger partial charge in [0, 0.05) is 13.1 Å². The monoisotopic (exact) mass is 263 g/mol. The van der Waals surface area contributed by atoms with Crippen LogP contribution in [0.2, 0.25) is 0 Å². The Labute approximate surface area is 111 Å². The number of likely N-dealkylation sites (tertiary alicyclic amines) is 1. The van der Waals surface area contributed by atoms with E-state index >= 15 is 0 Å². The van der Waals surface area contributed by atoms with Gasteiger partial charge in [0.25, 0.3) is 0 Å². The van der Waals surface area contributed by atoms with E-state index < -0.39 is 17.5 Å². The van der Waals surface area contributed by atoms with Crippen LogP contribution in [0, 0.1) is 0 Å². The second kappa shape index (κ2) is 5.40. The van der Waals surface area contributed by atoms with E-state index in [9.17, 15) is 19.8 Å². The Morgan fingerprint density at radius 2 is 1.74 bits per heavy atom. The van der Waals surface area contributed by atoms with E-state index in [0.29, 0.717) is 19.5 Å². The highest BCUT2D eigenvalue weighted by atomic mass is 16.4. The van der Waals surface area contributed by atoms with Gasteiger partial charge in [-0.1, -0.05) is 30.3 Å². The third-order valence-corrected chi connectivity index (χ3v) is 3.68. The Kier molecular flexibility index (Phi) is 3.85. The van der Waals surface area contributed by atoms with Crippen molar-refractivity contribution in [1.29, 1.82) is 0 Å². The number of nitrogens with zero attached hydrogens (tertiary/aromatic N) is 1. The van der Waals surface area contributed by atoms with E-state index in [1.807, 2.05) is 30.3 Å². The molecule has 0 bridgehead atoms. The lowest BCUT2D eigenvalue weighted by Crippen LogP contribution is -2.61. The quantitative estimate of drug-likeness (QED) is 0.806. The highest BCUT2D eigenvalue weighted by Gasteiger charge is 2.52.